The van der Waals surface area contributed by atoms with Crippen LogP contribution in [0.25, 0.3) is 10.8 Å². The van der Waals surface area contributed by atoms with E-state index in [4.69, 9.17) is 5.11 Å². The Hall–Kier alpha value is -0.860. The lowest BCUT2D eigenvalue weighted by molar-refractivity contribution is 0.285. The van der Waals surface area contributed by atoms with Gasteiger partial charge in [0.1, 0.15) is 0 Å². The lowest BCUT2D eigenvalue weighted by Crippen LogP contribution is -1.86. The van der Waals surface area contributed by atoms with E-state index in [2.05, 4.69) is 29.6 Å². The third kappa shape index (κ3) is 1.97. The Morgan fingerprint density at radius 2 is 2.00 bits per heavy atom. The molecule has 1 nitrogen and oxygen atoms in total. The molecule has 2 heteroatoms. The Balaban J connectivity index is 2.17. The molecule has 0 bridgehead atoms. The van der Waals surface area contributed by atoms with Crippen LogP contribution in [-0.2, 0) is 6.42 Å². The van der Waals surface area contributed by atoms with Crippen LogP contribution in [0, 0.1) is 0 Å². The summed E-state index contributed by atoms with van der Waals surface area (Å²) in [7, 11) is 0. The zero-order valence-electron chi connectivity index (χ0n) is 8.07. The second-order valence-electron chi connectivity index (χ2n) is 3.43. The van der Waals surface area contributed by atoms with Crippen molar-refractivity contribution in [1.29, 1.82) is 0 Å². The molecule has 0 fully saturated rings. The molecule has 0 atom stereocenters. The first-order valence-corrected chi connectivity index (χ1v) is 5.86. The van der Waals surface area contributed by atoms with Crippen molar-refractivity contribution in [2.45, 2.75) is 19.3 Å². The van der Waals surface area contributed by atoms with Crippen LogP contribution in [0.15, 0.2) is 29.6 Å². The van der Waals surface area contributed by atoms with E-state index in [0.29, 0.717) is 6.61 Å². The summed E-state index contributed by atoms with van der Waals surface area (Å²) in [6.07, 6.45) is 3.09. The van der Waals surface area contributed by atoms with Gasteiger partial charge in [-0.2, -0.15) is 0 Å². The first-order valence-electron chi connectivity index (χ1n) is 4.98. The van der Waals surface area contributed by atoms with E-state index in [9.17, 15) is 0 Å². The van der Waals surface area contributed by atoms with Gasteiger partial charge in [-0.1, -0.05) is 24.3 Å². The number of hydrogen-bond acceptors (Lipinski definition) is 2. The predicted octanol–water partition coefficient (Wildman–Crippen LogP) is 3.22. The summed E-state index contributed by atoms with van der Waals surface area (Å²) >= 11 is 1.83. The first kappa shape index (κ1) is 9.69. The lowest BCUT2D eigenvalue weighted by Gasteiger charge is -1.97. The zero-order valence-corrected chi connectivity index (χ0v) is 8.89. The normalized spacial score (nSPS) is 10.9. The van der Waals surface area contributed by atoms with E-state index in [0.717, 1.165) is 19.3 Å². The maximum atomic E-state index is 8.71. The maximum Gasteiger partial charge on any atom is 0.0431 e. The van der Waals surface area contributed by atoms with Gasteiger partial charge in [0, 0.05) is 11.5 Å². The van der Waals surface area contributed by atoms with Crippen LogP contribution in [-0.4, -0.2) is 11.7 Å². The number of benzene rings is 1. The Morgan fingerprint density at radius 1 is 1.14 bits per heavy atom. The molecular weight excluding hydrogens is 192 g/mol. The largest absolute Gasteiger partial charge is 0.396 e. The van der Waals surface area contributed by atoms with E-state index in [1.54, 1.807) is 0 Å². The molecule has 1 aromatic heterocycles. The molecule has 2 rings (SSSR count). The van der Waals surface area contributed by atoms with Gasteiger partial charge in [-0.05, 0) is 35.4 Å². The van der Waals surface area contributed by atoms with Gasteiger partial charge < -0.3 is 5.11 Å². The van der Waals surface area contributed by atoms with Gasteiger partial charge in [-0.15, -0.1) is 11.3 Å². The van der Waals surface area contributed by atoms with Gasteiger partial charge in [0.05, 0.1) is 0 Å². The molecule has 0 aliphatic heterocycles. The van der Waals surface area contributed by atoms with Crippen molar-refractivity contribution in [3.05, 3.63) is 34.5 Å². The molecule has 0 spiro atoms. The summed E-state index contributed by atoms with van der Waals surface area (Å²) < 4.78 is 0. The molecule has 0 saturated heterocycles. The predicted molar refractivity (Wildman–Crippen MR) is 61.8 cm³/mol. The van der Waals surface area contributed by atoms with Crippen molar-refractivity contribution in [2.24, 2.45) is 0 Å². The van der Waals surface area contributed by atoms with Crippen molar-refractivity contribution < 1.29 is 5.11 Å². The highest BCUT2D eigenvalue weighted by molar-refractivity contribution is 7.11. The van der Waals surface area contributed by atoms with E-state index in [1.807, 2.05) is 11.3 Å². The average molecular weight is 206 g/mol. The molecule has 1 heterocycles. The van der Waals surface area contributed by atoms with Gasteiger partial charge in [-0.25, -0.2) is 0 Å². The fourth-order valence-electron chi connectivity index (χ4n) is 1.64. The van der Waals surface area contributed by atoms with Crippen molar-refractivity contribution in [1.82, 2.24) is 0 Å². The summed E-state index contributed by atoms with van der Waals surface area (Å²) in [5, 5.41) is 13.7. The Bertz CT molecular complexity index is 405. The minimum atomic E-state index is 0.309. The summed E-state index contributed by atoms with van der Waals surface area (Å²) in [5.74, 6) is 0. The lowest BCUT2D eigenvalue weighted by atomic mass is 10.1. The summed E-state index contributed by atoms with van der Waals surface area (Å²) in [5.41, 5.74) is 0. The second-order valence-corrected chi connectivity index (χ2v) is 4.39. The van der Waals surface area contributed by atoms with Crippen LogP contribution in [0.5, 0.6) is 0 Å². The molecule has 0 unspecified atom stereocenters. The molecule has 1 N–H and O–H groups in total. The highest BCUT2D eigenvalue weighted by Gasteiger charge is 2.02. The quantitative estimate of drug-likeness (QED) is 0.761. The number of aryl methyl sites for hydroxylation is 1. The molecule has 0 saturated carbocycles. The summed E-state index contributed by atoms with van der Waals surface area (Å²) in [4.78, 5) is 1.45. The molecule has 0 aliphatic carbocycles. The maximum absolute atomic E-state index is 8.71. The van der Waals surface area contributed by atoms with Gasteiger partial charge in [0.15, 0.2) is 0 Å². The number of aliphatic hydroxyl groups excluding tert-OH is 1. The Kier molecular flexibility index (Phi) is 3.17. The highest BCUT2D eigenvalue weighted by Crippen LogP contribution is 2.26. The standard InChI is InChI=1S/C12H14OS/c13-8-4-3-7-12-11-6-2-1-5-10(11)9-14-12/h1-2,5-6,9,13H,3-4,7-8H2. The number of rotatable bonds is 4. The first-order chi connectivity index (χ1) is 6.92. The van der Waals surface area contributed by atoms with Crippen molar-refractivity contribution in [2.75, 3.05) is 6.61 Å². The molecule has 0 radical (unpaired) electrons. The number of unbranched alkanes of at least 4 members (excludes halogenated alkanes) is 1. The molecule has 2 aromatic rings. The van der Waals surface area contributed by atoms with Crippen LogP contribution in [0.3, 0.4) is 0 Å². The zero-order chi connectivity index (χ0) is 9.80. The molecule has 0 amide bonds. The van der Waals surface area contributed by atoms with Gasteiger partial charge in [-0.3, -0.25) is 0 Å². The topological polar surface area (TPSA) is 20.2 Å². The molecule has 74 valence electrons. The molecule has 14 heavy (non-hydrogen) atoms. The van der Waals surface area contributed by atoms with Crippen LogP contribution in [0.4, 0.5) is 0 Å². The van der Waals surface area contributed by atoms with Gasteiger partial charge in [0.25, 0.3) is 0 Å². The van der Waals surface area contributed by atoms with Crippen LogP contribution >= 0.6 is 11.3 Å². The number of aliphatic hydroxyl groups is 1. The third-order valence-corrected chi connectivity index (χ3v) is 3.48. The SMILES string of the molecule is OCCCCc1scc2ccccc12. The summed E-state index contributed by atoms with van der Waals surface area (Å²) in [6.45, 7) is 0.309. The van der Waals surface area contributed by atoms with Crippen molar-refractivity contribution >= 4 is 22.1 Å². The van der Waals surface area contributed by atoms with E-state index < -0.39 is 0 Å². The average Bonchev–Trinajstić information content (AvgIpc) is 2.63. The molecule has 0 aliphatic rings. The number of thiophene rings is 1. The third-order valence-electron chi connectivity index (χ3n) is 2.40. The number of hydrogen-bond donors (Lipinski definition) is 1. The van der Waals surface area contributed by atoms with Crippen molar-refractivity contribution in [3.63, 3.8) is 0 Å². The van der Waals surface area contributed by atoms with Gasteiger partial charge >= 0.3 is 0 Å². The minimum absolute atomic E-state index is 0.309. The summed E-state index contributed by atoms with van der Waals surface area (Å²) in [6, 6.07) is 8.50. The van der Waals surface area contributed by atoms with E-state index >= 15 is 0 Å². The van der Waals surface area contributed by atoms with Crippen LogP contribution < -0.4 is 0 Å². The Labute approximate surface area is 88.0 Å². The smallest absolute Gasteiger partial charge is 0.0431 e. The fourth-order valence-corrected chi connectivity index (χ4v) is 2.69. The fraction of sp³-hybridized carbons (Fsp3) is 0.333. The van der Waals surface area contributed by atoms with Crippen molar-refractivity contribution in [3.8, 4) is 0 Å². The minimum Gasteiger partial charge on any atom is -0.396 e. The number of fused-ring (bicyclic) bond motifs is 1. The molecule has 1 aromatic carbocycles. The van der Waals surface area contributed by atoms with Gasteiger partial charge in [0.2, 0.25) is 0 Å². The highest BCUT2D eigenvalue weighted by atomic mass is 32.1. The molecular formula is C12H14OS. The monoisotopic (exact) mass is 206 g/mol. The second kappa shape index (κ2) is 4.58. The Morgan fingerprint density at radius 3 is 2.86 bits per heavy atom. The van der Waals surface area contributed by atoms with Crippen LogP contribution in [0.2, 0.25) is 0 Å². The van der Waals surface area contributed by atoms with E-state index in [-0.39, 0.29) is 0 Å². The van der Waals surface area contributed by atoms with E-state index in [1.165, 1.54) is 15.6 Å². The van der Waals surface area contributed by atoms with Crippen LogP contribution in [0.1, 0.15) is 17.7 Å².